The van der Waals surface area contributed by atoms with Crippen LogP contribution in [0.5, 0.6) is 0 Å². The molecule has 1 saturated heterocycles. The average molecular weight is 292 g/mol. The van der Waals surface area contributed by atoms with Gasteiger partial charge < -0.3 is 4.90 Å². The van der Waals surface area contributed by atoms with Crippen LogP contribution in [-0.4, -0.2) is 19.4 Å². The first-order valence-electron chi connectivity index (χ1n) is 7.72. The van der Waals surface area contributed by atoms with Gasteiger partial charge in [0.2, 0.25) is 0 Å². The van der Waals surface area contributed by atoms with Crippen LogP contribution in [0.4, 0.5) is 5.69 Å². The lowest BCUT2D eigenvalue weighted by molar-refractivity contribution is 0.112. The number of aldehydes is 1. The van der Waals surface area contributed by atoms with Gasteiger partial charge in [-0.25, -0.2) is 0 Å². The molecule has 3 rings (SSSR count). The highest BCUT2D eigenvalue weighted by Gasteiger charge is 2.35. The highest BCUT2D eigenvalue weighted by molar-refractivity contribution is 6.33. The Morgan fingerprint density at radius 3 is 2.35 bits per heavy atom. The number of hydrogen-bond donors (Lipinski definition) is 0. The minimum absolute atomic E-state index is 0.565. The molecular weight excluding hydrogens is 270 g/mol. The maximum atomic E-state index is 10.8. The second kappa shape index (κ2) is 5.77. The quantitative estimate of drug-likeness (QED) is 0.736. The second-order valence-corrected chi connectivity index (χ2v) is 6.78. The van der Waals surface area contributed by atoms with Crippen molar-refractivity contribution in [2.24, 2.45) is 5.41 Å². The lowest BCUT2D eigenvalue weighted by Crippen LogP contribution is -2.41. The van der Waals surface area contributed by atoms with Gasteiger partial charge >= 0.3 is 0 Å². The molecule has 2 nitrogen and oxygen atoms in total. The number of carbonyl (C=O) groups excluding carboxylic acids is 1. The Hall–Kier alpha value is -1.02. The van der Waals surface area contributed by atoms with E-state index in [1.807, 2.05) is 18.2 Å². The van der Waals surface area contributed by atoms with Crippen molar-refractivity contribution in [1.29, 1.82) is 0 Å². The van der Waals surface area contributed by atoms with E-state index in [0.717, 1.165) is 25.1 Å². The van der Waals surface area contributed by atoms with Crippen LogP contribution in [0.1, 0.15) is 55.3 Å². The molecule has 1 aliphatic heterocycles. The molecule has 20 heavy (non-hydrogen) atoms. The van der Waals surface area contributed by atoms with Crippen molar-refractivity contribution in [2.45, 2.75) is 44.9 Å². The van der Waals surface area contributed by atoms with E-state index in [9.17, 15) is 4.79 Å². The number of nitrogens with zero attached hydrogens (tertiary/aromatic N) is 1. The standard InChI is InChI=1S/C17H22ClNO/c18-16-12-15(5-4-14(16)13-20)19-10-8-17(9-11-19)6-2-1-3-7-17/h4-5,12-13H,1-3,6-11H2. The van der Waals surface area contributed by atoms with Gasteiger partial charge in [-0.15, -0.1) is 0 Å². The fourth-order valence-electron chi connectivity index (χ4n) is 3.85. The van der Waals surface area contributed by atoms with Gasteiger partial charge in [0.25, 0.3) is 0 Å². The lowest BCUT2D eigenvalue weighted by Gasteiger charge is -2.45. The Labute approximate surface area is 126 Å². The lowest BCUT2D eigenvalue weighted by atomic mass is 9.68. The molecule has 108 valence electrons. The van der Waals surface area contributed by atoms with Crippen LogP contribution in [0, 0.1) is 5.41 Å². The summed E-state index contributed by atoms with van der Waals surface area (Å²) in [6, 6.07) is 5.79. The molecule has 0 bridgehead atoms. The third-order valence-electron chi connectivity index (χ3n) is 5.21. The molecule has 1 aromatic rings. The summed E-state index contributed by atoms with van der Waals surface area (Å²) in [4.78, 5) is 13.2. The Kier molecular flexibility index (Phi) is 4.02. The molecule has 1 saturated carbocycles. The molecule has 1 heterocycles. The van der Waals surface area contributed by atoms with E-state index in [4.69, 9.17) is 11.6 Å². The van der Waals surface area contributed by atoms with Gasteiger partial charge in [0.05, 0.1) is 5.02 Å². The Morgan fingerprint density at radius 2 is 1.75 bits per heavy atom. The highest BCUT2D eigenvalue weighted by Crippen LogP contribution is 2.45. The number of hydrogen-bond acceptors (Lipinski definition) is 2. The first kappa shape index (κ1) is 13.9. The van der Waals surface area contributed by atoms with Crippen molar-refractivity contribution in [3.63, 3.8) is 0 Å². The molecule has 0 aromatic heterocycles. The maximum Gasteiger partial charge on any atom is 0.151 e. The molecule has 2 aliphatic rings. The summed E-state index contributed by atoms with van der Waals surface area (Å²) in [5.74, 6) is 0. The summed E-state index contributed by atoms with van der Waals surface area (Å²) in [5, 5.41) is 0.565. The minimum Gasteiger partial charge on any atom is -0.371 e. The second-order valence-electron chi connectivity index (χ2n) is 6.37. The summed E-state index contributed by atoms with van der Waals surface area (Å²) in [6.45, 7) is 2.24. The van der Waals surface area contributed by atoms with Crippen molar-refractivity contribution >= 4 is 23.6 Å². The van der Waals surface area contributed by atoms with E-state index in [2.05, 4.69) is 4.90 Å². The molecular formula is C17H22ClNO. The van der Waals surface area contributed by atoms with Gasteiger partial charge in [-0.2, -0.15) is 0 Å². The van der Waals surface area contributed by atoms with Crippen molar-refractivity contribution in [1.82, 2.24) is 0 Å². The first-order chi connectivity index (χ1) is 9.72. The van der Waals surface area contributed by atoms with Crippen molar-refractivity contribution in [3.8, 4) is 0 Å². The van der Waals surface area contributed by atoms with Gasteiger partial charge in [0.15, 0.2) is 6.29 Å². The van der Waals surface area contributed by atoms with Crippen molar-refractivity contribution in [3.05, 3.63) is 28.8 Å². The predicted octanol–water partition coefficient (Wildman–Crippen LogP) is 4.70. The Morgan fingerprint density at radius 1 is 1.05 bits per heavy atom. The van der Waals surface area contributed by atoms with Gasteiger partial charge in [0, 0.05) is 24.3 Å². The third-order valence-corrected chi connectivity index (χ3v) is 5.54. The number of rotatable bonds is 2. The van der Waals surface area contributed by atoms with E-state index in [1.165, 1.54) is 44.9 Å². The normalized spacial score (nSPS) is 21.9. The predicted molar refractivity (Wildman–Crippen MR) is 83.8 cm³/mol. The molecule has 1 aromatic carbocycles. The Bertz CT molecular complexity index is 484. The monoisotopic (exact) mass is 291 g/mol. The number of piperidine rings is 1. The molecule has 0 unspecified atom stereocenters. The molecule has 1 aliphatic carbocycles. The van der Waals surface area contributed by atoms with Crippen LogP contribution < -0.4 is 4.90 Å². The molecule has 1 spiro atoms. The zero-order chi connectivity index (χ0) is 14.0. The number of benzene rings is 1. The summed E-state index contributed by atoms with van der Waals surface area (Å²) in [5.41, 5.74) is 2.36. The van der Waals surface area contributed by atoms with E-state index in [0.29, 0.717) is 16.0 Å². The number of carbonyl (C=O) groups is 1. The molecule has 0 N–H and O–H groups in total. The van der Waals surface area contributed by atoms with Crippen LogP contribution in [-0.2, 0) is 0 Å². The minimum atomic E-state index is 0.565. The Balaban J connectivity index is 1.68. The van der Waals surface area contributed by atoms with E-state index in [1.54, 1.807) is 0 Å². The van der Waals surface area contributed by atoms with Gasteiger partial charge in [0.1, 0.15) is 0 Å². The zero-order valence-electron chi connectivity index (χ0n) is 11.9. The van der Waals surface area contributed by atoms with E-state index >= 15 is 0 Å². The van der Waals surface area contributed by atoms with Crippen LogP contribution in [0.3, 0.4) is 0 Å². The SMILES string of the molecule is O=Cc1ccc(N2CCC3(CCCCC3)CC2)cc1Cl. The fraction of sp³-hybridized carbons (Fsp3) is 0.588. The van der Waals surface area contributed by atoms with E-state index < -0.39 is 0 Å². The summed E-state index contributed by atoms with van der Waals surface area (Å²) >= 11 is 6.13. The molecule has 0 atom stereocenters. The third kappa shape index (κ3) is 2.71. The van der Waals surface area contributed by atoms with Crippen LogP contribution >= 0.6 is 11.6 Å². The zero-order valence-corrected chi connectivity index (χ0v) is 12.7. The van der Waals surface area contributed by atoms with Gasteiger partial charge in [-0.05, 0) is 49.3 Å². The highest BCUT2D eigenvalue weighted by atomic mass is 35.5. The van der Waals surface area contributed by atoms with Crippen LogP contribution in [0.2, 0.25) is 5.02 Å². The molecule has 0 radical (unpaired) electrons. The fourth-order valence-corrected chi connectivity index (χ4v) is 4.07. The topological polar surface area (TPSA) is 20.3 Å². The van der Waals surface area contributed by atoms with Crippen LogP contribution in [0.25, 0.3) is 0 Å². The van der Waals surface area contributed by atoms with Gasteiger partial charge in [-0.3, -0.25) is 4.79 Å². The van der Waals surface area contributed by atoms with Crippen LogP contribution in [0.15, 0.2) is 18.2 Å². The van der Waals surface area contributed by atoms with Crippen molar-refractivity contribution < 1.29 is 4.79 Å². The molecule has 0 amide bonds. The number of anilines is 1. The average Bonchev–Trinajstić information content (AvgIpc) is 2.49. The van der Waals surface area contributed by atoms with Crippen molar-refractivity contribution in [2.75, 3.05) is 18.0 Å². The smallest absolute Gasteiger partial charge is 0.151 e. The molecule has 3 heteroatoms. The largest absolute Gasteiger partial charge is 0.371 e. The summed E-state index contributed by atoms with van der Waals surface area (Å²) in [7, 11) is 0. The molecule has 2 fully saturated rings. The first-order valence-corrected chi connectivity index (χ1v) is 8.10. The summed E-state index contributed by atoms with van der Waals surface area (Å²) < 4.78 is 0. The van der Waals surface area contributed by atoms with Gasteiger partial charge in [-0.1, -0.05) is 30.9 Å². The van der Waals surface area contributed by atoms with E-state index in [-0.39, 0.29) is 0 Å². The summed E-state index contributed by atoms with van der Waals surface area (Å²) in [6.07, 6.45) is 10.5. The maximum absolute atomic E-state index is 10.8. The number of halogens is 1.